The van der Waals surface area contributed by atoms with Crippen LogP contribution in [0.3, 0.4) is 0 Å². The van der Waals surface area contributed by atoms with Gasteiger partial charge < -0.3 is 10.1 Å². The van der Waals surface area contributed by atoms with Crippen LogP contribution in [0.25, 0.3) is 0 Å². The van der Waals surface area contributed by atoms with Crippen LogP contribution in [0.15, 0.2) is 48.5 Å². The van der Waals surface area contributed by atoms with E-state index in [0.29, 0.717) is 11.7 Å². The van der Waals surface area contributed by atoms with E-state index in [1.54, 1.807) is 0 Å². The summed E-state index contributed by atoms with van der Waals surface area (Å²) < 4.78 is 5.51. The van der Waals surface area contributed by atoms with E-state index in [9.17, 15) is 4.79 Å². The van der Waals surface area contributed by atoms with E-state index in [4.69, 9.17) is 4.74 Å². The van der Waals surface area contributed by atoms with E-state index in [1.807, 2.05) is 55.5 Å². The fourth-order valence-corrected chi connectivity index (χ4v) is 2.15. The molecule has 0 aliphatic carbocycles. The van der Waals surface area contributed by atoms with E-state index in [1.165, 1.54) is 0 Å². The molecule has 0 radical (unpaired) electrons. The highest BCUT2D eigenvalue weighted by atomic mass is 16.5. The third-order valence-corrected chi connectivity index (χ3v) is 3.22. The smallest absolute Gasteiger partial charge is 0.262 e. The number of ether oxygens (including phenoxy) is 1. The van der Waals surface area contributed by atoms with Crippen molar-refractivity contribution < 1.29 is 9.53 Å². The number of para-hydroxylation sites is 1. The normalized spacial score (nSPS) is 10.5. The fraction of sp³-hybridized carbons (Fsp3) is 0.278. The Morgan fingerprint density at radius 1 is 1.14 bits per heavy atom. The fourth-order valence-electron chi connectivity index (χ4n) is 2.15. The molecule has 110 valence electrons. The number of benzene rings is 2. The van der Waals surface area contributed by atoms with Gasteiger partial charge in [0.05, 0.1) is 0 Å². The SMILES string of the molecule is Cc1cccc(OCC(=O)Nc2ccccc2C(C)C)c1. The molecular formula is C18H21NO2. The van der Waals surface area contributed by atoms with Gasteiger partial charge in [-0.15, -0.1) is 0 Å². The molecule has 3 nitrogen and oxygen atoms in total. The highest BCUT2D eigenvalue weighted by Gasteiger charge is 2.09. The molecule has 0 spiro atoms. The van der Waals surface area contributed by atoms with Crippen LogP contribution in [-0.2, 0) is 4.79 Å². The zero-order valence-corrected chi connectivity index (χ0v) is 12.7. The molecule has 0 unspecified atom stereocenters. The zero-order chi connectivity index (χ0) is 15.2. The predicted molar refractivity (Wildman–Crippen MR) is 85.8 cm³/mol. The number of hydrogen-bond acceptors (Lipinski definition) is 2. The summed E-state index contributed by atoms with van der Waals surface area (Å²) in [6.07, 6.45) is 0. The lowest BCUT2D eigenvalue weighted by Gasteiger charge is -2.14. The van der Waals surface area contributed by atoms with E-state index >= 15 is 0 Å². The first-order valence-electron chi connectivity index (χ1n) is 7.14. The van der Waals surface area contributed by atoms with Crippen molar-refractivity contribution in [1.82, 2.24) is 0 Å². The molecule has 21 heavy (non-hydrogen) atoms. The first-order chi connectivity index (χ1) is 10.1. The molecule has 3 heteroatoms. The maximum absolute atomic E-state index is 12.0. The van der Waals surface area contributed by atoms with Gasteiger partial charge in [-0.25, -0.2) is 0 Å². The number of carbonyl (C=O) groups is 1. The summed E-state index contributed by atoms with van der Waals surface area (Å²) in [6.45, 7) is 6.21. The number of carbonyl (C=O) groups excluding carboxylic acids is 1. The molecule has 0 heterocycles. The first-order valence-corrected chi connectivity index (χ1v) is 7.14. The van der Waals surface area contributed by atoms with Crippen molar-refractivity contribution in [3.63, 3.8) is 0 Å². The summed E-state index contributed by atoms with van der Waals surface area (Å²) in [5.74, 6) is 0.922. The Morgan fingerprint density at radius 3 is 2.62 bits per heavy atom. The molecule has 2 rings (SSSR count). The summed E-state index contributed by atoms with van der Waals surface area (Å²) in [7, 11) is 0. The Hall–Kier alpha value is -2.29. The quantitative estimate of drug-likeness (QED) is 0.895. The summed E-state index contributed by atoms with van der Waals surface area (Å²) in [6, 6.07) is 15.5. The Labute approximate surface area is 126 Å². The molecule has 2 aromatic rings. The monoisotopic (exact) mass is 283 g/mol. The number of rotatable bonds is 5. The van der Waals surface area contributed by atoms with Gasteiger partial charge in [-0.1, -0.05) is 44.2 Å². The van der Waals surface area contributed by atoms with Crippen molar-refractivity contribution in [3.05, 3.63) is 59.7 Å². The number of hydrogen-bond donors (Lipinski definition) is 1. The van der Waals surface area contributed by atoms with Crippen molar-refractivity contribution in [3.8, 4) is 5.75 Å². The zero-order valence-electron chi connectivity index (χ0n) is 12.7. The molecule has 0 fully saturated rings. The van der Waals surface area contributed by atoms with Crippen molar-refractivity contribution in [2.45, 2.75) is 26.7 Å². The van der Waals surface area contributed by atoms with Gasteiger partial charge >= 0.3 is 0 Å². The summed E-state index contributed by atoms with van der Waals surface area (Å²) in [4.78, 5) is 12.0. The Kier molecular flexibility index (Phi) is 4.99. The van der Waals surface area contributed by atoms with E-state index in [2.05, 4.69) is 19.2 Å². The summed E-state index contributed by atoms with van der Waals surface area (Å²) in [5, 5.41) is 2.91. The maximum Gasteiger partial charge on any atom is 0.262 e. The van der Waals surface area contributed by atoms with Crippen LogP contribution in [0.4, 0.5) is 5.69 Å². The molecule has 0 saturated carbocycles. The maximum atomic E-state index is 12.0. The predicted octanol–water partition coefficient (Wildman–Crippen LogP) is 4.14. The minimum atomic E-state index is -0.149. The number of anilines is 1. The second-order valence-electron chi connectivity index (χ2n) is 5.40. The minimum Gasteiger partial charge on any atom is -0.484 e. The second kappa shape index (κ2) is 6.93. The topological polar surface area (TPSA) is 38.3 Å². The molecule has 1 N–H and O–H groups in total. The van der Waals surface area contributed by atoms with Crippen LogP contribution < -0.4 is 10.1 Å². The lowest BCUT2D eigenvalue weighted by atomic mass is 10.0. The highest BCUT2D eigenvalue weighted by Crippen LogP contribution is 2.23. The molecule has 0 atom stereocenters. The lowest BCUT2D eigenvalue weighted by Crippen LogP contribution is -2.21. The molecule has 0 aliphatic rings. The lowest BCUT2D eigenvalue weighted by molar-refractivity contribution is -0.118. The van der Waals surface area contributed by atoms with Crippen LogP contribution in [0.2, 0.25) is 0 Å². The van der Waals surface area contributed by atoms with Crippen molar-refractivity contribution >= 4 is 11.6 Å². The molecule has 1 amide bonds. The van der Waals surface area contributed by atoms with Gasteiger partial charge in [-0.05, 0) is 42.2 Å². The Morgan fingerprint density at radius 2 is 1.90 bits per heavy atom. The van der Waals surface area contributed by atoms with Gasteiger partial charge in [0.15, 0.2) is 6.61 Å². The van der Waals surface area contributed by atoms with Crippen molar-refractivity contribution in [2.75, 3.05) is 11.9 Å². The molecule has 0 saturated heterocycles. The largest absolute Gasteiger partial charge is 0.484 e. The first kappa shape index (κ1) is 15.1. The Bertz CT molecular complexity index is 620. The van der Waals surface area contributed by atoms with E-state index in [-0.39, 0.29) is 12.5 Å². The summed E-state index contributed by atoms with van der Waals surface area (Å²) in [5.41, 5.74) is 3.09. The van der Waals surface area contributed by atoms with Gasteiger partial charge in [-0.2, -0.15) is 0 Å². The molecule has 0 bridgehead atoms. The van der Waals surface area contributed by atoms with Crippen LogP contribution in [0.1, 0.15) is 30.9 Å². The van der Waals surface area contributed by atoms with Crippen molar-refractivity contribution in [2.24, 2.45) is 0 Å². The van der Waals surface area contributed by atoms with Gasteiger partial charge in [0.25, 0.3) is 5.91 Å². The standard InChI is InChI=1S/C18H21NO2/c1-13(2)16-9-4-5-10-17(16)19-18(20)12-21-15-8-6-7-14(3)11-15/h4-11,13H,12H2,1-3H3,(H,19,20). The van der Waals surface area contributed by atoms with Crippen LogP contribution in [0.5, 0.6) is 5.75 Å². The number of nitrogens with one attached hydrogen (secondary N) is 1. The molecule has 0 aromatic heterocycles. The van der Waals surface area contributed by atoms with E-state index in [0.717, 1.165) is 16.8 Å². The van der Waals surface area contributed by atoms with Crippen molar-refractivity contribution in [1.29, 1.82) is 0 Å². The molecule has 2 aromatic carbocycles. The van der Waals surface area contributed by atoms with Gasteiger partial charge in [0.1, 0.15) is 5.75 Å². The average Bonchev–Trinajstić information content (AvgIpc) is 2.45. The van der Waals surface area contributed by atoms with Crippen LogP contribution in [0, 0.1) is 6.92 Å². The van der Waals surface area contributed by atoms with Gasteiger partial charge in [0, 0.05) is 5.69 Å². The highest BCUT2D eigenvalue weighted by molar-refractivity contribution is 5.92. The average molecular weight is 283 g/mol. The number of aryl methyl sites for hydroxylation is 1. The van der Waals surface area contributed by atoms with Crippen LogP contribution >= 0.6 is 0 Å². The minimum absolute atomic E-state index is 0.00980. The number of amides is 1. The molecule has 0 aliphatic heterocycles. The van der Waals surface area contributed by atoms with E-state index < -0.39 is 0 Å². The van der Waals surface area contributed by atoms with Crippen LogP contribution in [-0.4, -0.2) is 12.5 Å². The summed E-state index contributed by atoms with van der Waals surface area (Å²) >= 11 is 0. The van der Waals surface area contributed by atoms with Gasteiger partial charge in [0.2, 0.25) is 0 Å². The van der Waals surface area contributed by atoms with Gasteiger partial charge in [-0.3, -0.25) is 4.79 Å². The Balaban J connectivity index is 1.96. The third kappa shape index (κ3) is 4.35. The third-order valence-electron chi connectivity index (χ3n) is 3.22. The molecular weight excluding hydrogens is 262 g/mol. The second-order valence-corrected chi connectivity index (χ2v) is 5.40.